The van der Waals surface area contributed by atoms with Crippen molar-refractivity contribution in [1.29, 1.82) is 0 Å². The largest absolute Gasteiger partial charge is 0.317 e. The van der Waals surface area contributed by atoms with Crippen molar-refractivity contribution in [1.82, 2.24) is 10.2 Å². The highest BCUT2D eigenvalue weighted by Gasteiger charge is 2.24. The van der Waals surface area contributed by atoms with Crippen molar-refractivity contribution >= 4 is 0 Å². The zero-order valence-corrected chi connectivity index (χ0v) is 10.9. The first-order valence-electron chi connectivity index (χ1n) is 7.35. The van der Waals surface area contributed by atoms with E-state index in [1.165, 1.54) is 71.1 Å². The maximum atomic E-state index is 3.47. The highest BCUT2D eigenvalue weighted by molar-refractivity contribution is 4.80. The van der Waals surface area contributed by atoms with Gasteiger partial charge in [-0.05, 0) is 57.7 Å². The molecule has 2 aliphatic rings. The standard InChI is InChI=1S/C14H28N2/c1-2-11-16(14-5-3-4-6-14)12-13-7-9-15-10-8-13/h13-15H,2-12H2,1H3. The van der Waals surface area contributed by atoms with Crippen molar-refractivity contribution in [2.75, 3.05) is 26.2 Å². The second-order valence-corrected chi connectivity index (χ2v) is 5.63. The molecule has 0 aromatic carbocycles. The van der Waals surface area contributed by atoms with Gasteiger partial charge in [-0.25, -0.2) is 0 Å². The topological polar surface area (TPSA) is 15.3 Å². The van der Waals surface area contributed by atoms with Crippen molar-refractivity contribution in [3.63, 3.8) is 0 Å². The van der Waals surface area contributed by atoms with E-state index < -0.39 is 0 Å². The van der Waals surface area contributed by atoms with Gasteiger partial charge in [-0.2, -0.15) is 0 Å². The van der Waals surface area contributed by atoms with Crippen LogP contribution in [0.3, 0.4) is 0 Å². The van der Waals surface area contributed by atoms with E-state index in [0.717, 1.165) is 12.0 Å². The van der Waals surface area contributed by atoms with E-state index in [4.69, 9.17) is 0 Å². The lowest BCUT2D eigenvalue weighted by Gasteiger charge is -2.34. The molecule has 94 valence electrons. The van der Waals surface area contributed by atoms with Gasteiger partial charge in [0.2, 0.25) is 0 Å². The molecule has 2 fully saturated rings. The van der Waals surface area contributed by atoms with E-state index in [0.29, 0.717) is 0 Å². The highest BCUT2D eigenvalue weighted by atomic mass is 15.2. The molecule has 0 spiro atoms. The Balaban J connectivity index is 1.80. The average Bonchev–Trinajstić information content (AvgIpc) is 2.83. The quantitative estimate of drug-likeness (QED) is 0.772. The van der Waals surface area contributed by atoms with E-state index >= 15 is 0 Å². The second-order valence-electron chi connectivity index (χ2n) is 5.63. The average molecular weight is 224 g/mol. The van der Waals surface area contributed by atoms with Crippen molar-refractivity contribution in [3.05, 3.63) is 0 Å². The van der Waals surface area contributed by atoms with E-state index in [1.807, 2.05) is 0 Å². The minimum absolute atomic E-state index is 0.926. The van der Waals surface area contributed by atoms with Crippen molar-refractivity contribution in [2.45, 2.75) is 57.9 Å². The summed E-state index contributed by atoms with van der Waals surface area (Å²) in [4.78, 5) is 2.81. The second kappa shape index (κ2) is 6.61. The van der Waals surface area contributed by atoms with Crippen LogP contribution in [-0.4, -0.2) is 37.1 Å². The summed E-state index contributed by atoms with van der Waals surface area (Å²) in [5.41, 5.74) is 0. The van der Waals surface area contributed by atoms with Gasteiger partial charge in [0.25, 0.3) is 0 Å². The number of hydrogen-bond donors (Lipinski definition) is 1. The molecular formula is C14H28N2. The van der Waals surface area contributed by atoms with Gasteiger partial charge in [0.1, 0.15) is 0 Å². The van der Waals surface area contributed by atoms with Crippen LogP contribution >= 0.6 is 0 Å². The molecule has 0 unspecified atom stereocenters. The summed E-state index contributed by atoms with van der Waals surface area (Å²) in [7, 11) is 0. The van der Waals surface area contributed by atoms with Gasteiger partial charge in [-0.15, -0.1) is 0 Å². The Hall–Kier alpha value is -0.0800. The molecule has 2 nitrogen and oxygen atoms in total. The number of nitrogens with zero attached hydrogens (tertiary/aromatic N) is 1. The van der Waals surface area contributed by atoms with Gasteiger partial charge >= 0.3 is 0 Å². The molecule has 1 aliphatic heterocycles. The molecule has 0 aromatic rings. The van der Waals surface area contributed by atoms with Crippen LogP contribution in [0.4, 0.5) is 0 Å². The van der Waals surface area contributed by atoms with Crippen molar-refractivity contribution in [3.8, 4) is 0 Å². The fourth-order valence-corrected chi connectivity index (χ4v) is 3.38. The minimum atomic E-state index is 0.926. The molecule has 2 rings (SSSR count). The number of nitrogens with one attached hydrogen (secondary N) is 1. The van der Waals surface area contributed by atoms with Gasteiger partial charge < -0.3 is 10.2 Å². The number of piperidine rings is 1. The Bertz CT molecular complexity index is 181. The first-order chi connectivity index (χ1) is 7.90. The summed E-state index contributed by atoms with van der Waals surface area (Å²) in [6, 6.07) is 0.926. The maximum Gasteiger partial charge on any atom is 0.00953 e. The number of rotatable bonds is 5. The molecule has 1 saturated heterocycles. The number of hydrogen-bond acceptors (Lipinski definition) is 2. The molecular weight excluding hydrogens is 196 g/mol. The third-order valence-corrected chi connectivity index (χ3v) is 4.30. The normalized spacial score (nSPS) is 24.4. The van der Waals surface area contributed by atoms with E-state index in [2.05, 4.69) is 17.1 Å². The van der Waals surface area contributed by atoms with E-state index in [9.17, 15) is 0 Å². The first-order valence-corrected chi connectivity index (χ1v) is 7.35. The molecule has 0 bridgehead atoms. The monoisotopic (exact) mass is 224 g/mol. The van der Waals surface area contributed by atoms with E-state index in [1.54, 1.807) is 0 Å². The fraction of sp³-hybridized carbons (Fsp3) is 1.00. The third-order valence-electron chi connectivity index (χ3n) is 4.30. The smallest absolute Gasteiger partial charge is 0.00953 e. The minimum Gasteiger partial charge on any atom is -0.317 e. The summed E-state index contributed by atoms with van der Waals surface area (Å²) >= 11 is 0. The summed E-state index contributed by atoms with van der Waals surface area (Å²) in [6.45, 7) is 7.52. The lowest BCUT2D eigenvalue weighted by atomic mass is 9.96. The Labute approximate surface area is 101 Å². The summed E-state index contributed by atoms with van der Waals surface area (Å²) in [5.74, 6) is 0.966. The zero-order chi connectivity index (χ0) is 11.2. The van der Waals surface area contributed by atoms with Crippen LogP contribution in [0.2, 0.25) is 0 Å². The molecule has 16 heavy (non-hydrogen) atoms. The van der Waals surface area contributed by atoms with Gasteiger partial charge in [-0.1, -0.05) is 19.8 Å². The van der Waals surface area contributed by atoms with Gasteiger partial charge in [0, 0.05) is 12.6 Å². The van der Waals surface area contributed by atoms with Crippen molar-refractivity contribution < 1.29 is 0 Å². The van der Waals surface area contributed by atoms with Crippen LogP contribution in [0.1, 0.15) is 51.9 Å². The van der Waals surface area contributed by atoms with Crippen LogP contribution < -0.4 is 5.32 Å². The lowest BCUT2D eigenvalue weighted by Crippen LogP contribution is -2.41. The van der Waals surface area contributed by atoms with Crippen LogP contribution in [0.5, 0.6) is 0 Å². The maximum absolute atomic E-state index is 3.47. The van der Waals surface area contributed by atoms with Crippen LogP contribution in [0.15, 0.2) is 0 Å². The molecule has 1 saturated carbocycles. The SMILES string of the molecule is CCCN(CC1CCNCC1)C1CCCC1. The molecule has 0 amide bonds. The fourth-order valence-electron chi connectivity index (χ4n) is 3.38. The Morgan fingerprint density at radius 1 is 1.06 bits per heavy atom. The highest BCUT2D eigenvalue weighted by Crippen LogP contribution is 2.25. The van der Waals surface area contributed by atoms with Crippen LogP contribution in [-0.2, 0) is 0 Å². The predicted octanol–water partition coefficient (Wildman–Crippen LogP) is 2.64. The lowest BCUT2D eigenvalue weighted by molar-refractivity contribution is 0.153. The van der Waals surface area contributed by atoms with Crippen LogP contribution in [0.25, 0.3) is 0 Å². The Morgan fingerprint density at radius 2 is 1.75 bits per heavy atom. The summed E-state index contributed by atoms with van der Waals surface area (Å²) in [6.07, 6.45) is 9.98. The molecule has 1 N–H and O–H groups in total. The first kappa shape index (κ1) is 12.4. The van der Waals surface area contributed by atoms with E-state index in [-0.39, 0.29) is 0 Å². The van der Waals surface area contributed by atoms with Gasteiger partial charge in [-0.3, -0.25) is 0 Å². The van der Waals surface area contributed by atoms with Crippen molar-refractivity contribution in [2.24, 2.45) is 5.92 Å². The van der Waals surface area contributed by atoms with Crippen LogP contribution in [0, 0.1) is 5.92 Å². The predicted molar refractivity (Wildman–Crippen MR) is 69.7 cm³/mol. The zero-order valence-electron chi connectivity index (χ0n) is 10.9. The molecule has 2 heteroatoms. The third kappa shape index (κ3) is 3.46. The summed E-state index contributed by atoms with van der Waals surface area (Å²) in [5, 5.41) is 3.47. The van der Waals surface area contributed by atoms with Gasteiger partial charge in [0.05, 0.1) is 0 Å². The Kier molecular flexibility index (Phi) is 5.11. The molecule has 0 aromatic heterocycles. The Morgan fingerprint density at radius 3 is 2.38 bits per heavy atom. The molecule has 1 heterocycles. The summed E-state index contributed by atoms with van der Waals surface area (Å²) < 4.78 is 0. The molecule has 0 atom stereocenters. The molecule has 0 radical (unpaired) electrons. The van der Waals surface area contributed by atoms with Gasteiger partial charge in [0.15, 0.2) is 0 Å². The molecule has 1 aliphatic carbocycles.